The van der Waals surface area contributed by atoms with Crippen molar-refractivity contribution in [1.82, 2.24) is 14.5 Å². The van der Waals surface area contributed by atoms with Gasteiger partial charge in [0.15, 0.2) is 0 Å². The first-order valence-corrected chi connectivity index (χ1v) is 12.0. The van der Waals surface area contributed by atoms with E-state index in [1.807, 2.05) is 0 Å². The maximum Gasteiger partial charge on any atom is 0.325 e. The smallest absolute Gasteiger partial charge is 0.324 e. The van der Waals surface area contributed by atoms with Crippen LogP contribution in [0.25, 0.3) is 0 Å². The van der Waals surface area contributed by atoms with Gasteiger partial charge in [0.05, 0.1) is 4.90 Å². The molecule has 4 amide bonds. The second kappa shape index (κ2) is 9.12. The lowest BCUT2D eigenvalue weighted by Crippen LogP contribution is -2.44. The van der Waals surface area contributed by atoms with Crippen molar-refractivity contribution in [2.24, 2.45) is 0 Å². The van der Waals surface area contributed by atoms with E-state index in [2.05, 4.69) is 10.6 Å². The molecule has 0 bridgehead atoms. The maximum absolute atomic E-state index is 13.2. The van der Waals surface area contributed by atoms with E-state index < -0.39 is 40.0 Å². The van der Waals surface area contributed by atoms with E-state index in [0.29, 0.717) is 16.1 Å². The Morgan fingerprint density at radius 2 is 1.79 bits per heavy atom. The van der Waals surface area contributed by atoms with Crippen LogP contribution in [0.15, 0.2) is 47.4 Å². The first kappa shape index (κ1) is 24.7. The Balaban J connectivity index is 1.82. The third-order valence-electron chi connectivity index (χ3n) is 5.61. The normalized spacial score (nSPS) is 18.5. The van der Waals surface area contributed by atoms with Crippen LogP contribution in [0, 0.1) is 6.92 Å². The Labute approximate surface area is 197 Å². The summed E-state index contributed by atoms with van der Waals surface area (Å²) in [6.45, 7) is 2.94. The number of anilines is 1. The summed E-state index contributed by atoms with van der Waals surface area (Å²) in [4.78, 5) is 39.4. The van der Waals surface area contributed by atoms with Gasteiger partial charge in [0.1, 0.15) is 12.1 Å². The van der Waals surface area contributed by atoms with E-state index in [0.717, 1.165) is 9.21 Å². The van der Waals surface area contributed by atoms with E-state index in [9.17, 15) is 22.8 Å². The van der Waals surface area contributed by atoms with Gasteiger partial charge in [0, 0.05) is 24.8 Å². The molecular formula is C22H25ClN4O5S. The van der Waals surface area contributed by atoms with E-state index in [-0.39, 0.29) is 17.0 Å². The molecule has 1 unspecified atom stereocenters. The lowest BCUT2D eigenvalue weighted by molar-refractivity contribution is -0.134. The highest BCUT2D eigenvalue weighted by Gasteiger charge is 2.51. The number of halogens is 1. The number of rotatable bonds is 7. The molecule has 2 N–H and O–H groups in total. The number of nitrogens with one attached hydrogen (secondary N) is 2. The van der Waals surface area contributed by atoms with E-state index >= 15 is 0 Å². The number of imide groups is 1. The molecule has 1 atom stereocenters. The Kier molecular flexibility index (Phi) is 6.83. The van der Waals surface area contributed by atoms with Crippen molar-refractivity contribution in [3.63, 3.8) is 0 Å². The number of urea groups is 1. The van der Waals surface area contributed by atoms with Gasteiger partial charge in [-0.1, -0.05) is 36.7 Å². The highest BCUT2D eigenvalue weighted by atomic mass is 35.5. The van der Waals surface area contributed by atoms with Gasteiger partial charge in [-0.15, -0.1) is 0 Å². The largest absolute Gasteiger partial charge is 0.325 e. The van der Waals surface area contributed by atoms with Gasteiger partial charge >= 0.3 is 6.03 Å². The summed E-state index contributed by atoms with van der Waals surface area (Å²) in [6, 6.07) is 10.2. The second-order valence-electron chi connectivity index (χ2n) is 7.90. The zero-order valence-corrected chi connectivity index (χ0v) is 20.2. The summed E-state index contributed by atoms with van der Waals surface area (Å²) < 4.78 is 25.9. The van der Waals surface area contributed by atoms with Crippen LogP contribution in [0.5, 0.6) is 0 Å². The number of aryl methyl sites for hydroxylation is 1. The molecule has 2 aromatic carbocycles. The highest BCUT2D eigenvalue weighted by molar-refractivity contribution is 7.89. The number of amides is 4. The average Bonchev–Trinajstić information content (AvgIpc) is 3.00. The fourth-order valence-electron chi connectivity index (χ4n) is 3.58. The predicted octanol–water partition coefficient (Wildman–Crippen LogP) is 2.69. The molecule has 1 heterocycles. The molecule has 0 aliphatic carbocycles. The standard InChI is InChI=1S/C22H25ClN4O5S/c1-5-22(15-7-9-16(23)10-8-15)20(29)27(21(30)25-22)13-19(28)24-18-12-17(11-6-14(18)2)33(31,32)26(3)4/h6-12H,5,13H2,1-4H3,(H,24,28)(H,25,30). The number of nitrogens with zero attached hydrogens (tertiary/aromatic N) is 2. The lowest BCUT2D eigenvalue weighted by Gasteiger charge is -2.25. The Bertz CT molecular complexity index is 1210. The van der Waals surface area contributed by atoms with Crippen LogP contribution < -0.4 is 10.6 Å². The van der Waals surface area contributed by atoms with Crippen molar-refractivity contribution in [3.8, 4) is 0 Å². The van der Waals surface area contributed by atoms with E-state index in [1.165, 1.54) is 26.2 Å². The van der Waals surface area contributed by atoms with Gasteiger partial charge in [0.2, 0.25) is 15.9 Å². The zero-order valence-electron chi connectivity index (χ0n) is 18.7. The third-order valence-corrected chi connectivity index (χ3v) is 7.67. The van der Waals surface area contributed by atoms with Crippen LogP contribution in [0.1, 0.15) is 24.5 Å². The number of sulfonamides is 1. The van der Waals surface area contributed by atoms with Crippen LogP contribution >= 0.6 is 11.6 Å². The van der Waals surface area contributed by atoms with Gasteiger partial charge < -0.3 is 10.6 Å². The minimum Gasteiger partial charge on any atom is -0.324 e. The molecule has 0 radical (unpaired) electrons. The molecule has 9 nitrogen and oxygen atoms in total. The van der Waals surface area contributed by atoms with Crippen LogP contribution in [-0.4, -0.2) is 56.1 Å². The zero-order chi connectivity index (χ0) is 24.6. The van der Waals surface area contributed by atoms with Crippen molar-refractivity contribution >= 4 is 45.2 Å². The number of carbonyl (C=O) groups is 3. The summed E-state index contributed by atoms with van der Waals surface area (Å²) in [5.74, 6) is -1.18. The summed E-state index contributed by atoms with van der Waals surface area (Å²) in [6.07, 6.45) is 0.279. The third kappa shape index (κ3) is 4.59. The molecule has 1 aliphatic heterocycles. The molecule has 176 valence electrons. The molecule has 1 aliphatic rings. The molecule has 33 heavy (non-hydrogen) atoms. The van der Waals surface area contributed by atoms with Crippen LogP contribution in [0.3, 0.4) is 0 Å². The molecule has 0 aromatic heterocycles. The highest BCUT2D eigenvalue weighted by Crippen LogP contribution is 2.33. The topological polar surface area (TPSA) is 116 Å². The maximum atomic E-state index is 13.2. The van der Waals surface area contributed by atoms with Gasteiger partial charge in [-0.05, 0) is 48.7 Å². The average molecular weight is 493 g/mol. The van der Waals surface area contributed by atoms with Gasteiger partial charge in [-0.3, -0.25) is 14.5 Å². The van der Waals surface area contributed by atoms with Crippen molar-refractivity contribution in [2.45, 2.75) is 30.7 Å². The molecule has 0 saturated carbocycles. The first-order chi connectivity index (χ1) is 15.4. The Morgan fingerprint density at radius 1 is 1.15 bits per heavy atom. The lowest BCUT2D eigenvalue weighted by atomic mass is 9.87. The van der Waals surface area contributed by atoms with Crippen molar-refractivity contribution in [3.05, 3.63) is 58.6 Å². The van der Waals surface area contributed by atoms with Crippen molar-refractivity contribution < 1.29 is 22.8 Å². The summed E-state index contributed by atoms with van der Waals surface area (Å²) in [7, 11) is -0.884. The fourth-order valence-corrected chi connectivity index (χ4v) is 4.64. The molecule has 1 fully saturated rings. The number of carbonyl (C=O) groups excluding carboxylic acids is 3. The van der Waals surface area contributed by atoms with Gasteiger partial charge in [0.25, 0.3) is 5.91 Å². The van der Waals surface area contributed by atoms with Crippen LogP contribution in [0.4, 0.5) is 10.5 Å². The number of hydrogen-bond acceptors (Lipinski definition) is 5. The summed E-state index contributed by atoms with van der Waals surface area (Å²) in [5.41, 5.74) is 0.169. The number of benzene rings is 2. The Hall–Kier alpha value is -2.95. The molecule has 2 aromatic rings. The second-order valence-corrected chi connectivity index (χ2v) is 10.5. The molecule has 11 heteroatoms. The minimum absolute atomic E-state index is 0.0103. The molecule has 1 saturated heterocycles. The monoisotopic (exact) mass is 492 g/mol. The van der Waals surface area contributed by atoms with Crippen molar-refractivity contribution in [1.29, 1.82) is 0 Å². The van der Waals surface area contributed by atoms with E-state index in [1.54, 1.807) is 44.2 Å². The molecule has 0 spiro atoms. The van der Waals surface area contributed by atoms with Gasteiger partial charge in [-0.2, -0.15) is 0 Å². The SMILES string of the molecule is CCC1(c2ccc(Cl)cc2)NC(=O)N(CC(=O)Nc2cc(S(=O)(=O)N(C)C)ccc2C)C1=O. The van der Waals surface area contributed by atoms with Crippen LogP contribution in [-0.2, 0) is 25.2 Å². The first-order valence-electron chi connectivity index (χ1n) is 10.2. The summed E-state index contributed by atoms with van der Waals surface area (Å²) >= 11 is 5.94. The summed E-state index contributed by atoms with van der Waals surface area (Å²) in [5, 5.41) is 5.81. The van der Waals surface area contributed by atoms with Crippen LogP contribution in [0.2, 0.25) is 5.02 Å². The fraction of sp³-hybridized carbons (Fsp3) is 0.318. The number of hydrogen-bond donors (Lipinski definition) is 2. The Morgan fingerprint density at radius 3 is 2.36 bits per heavy atom. The molecule has 3 rings (SSSR count). The molecular weight excluding hydrogens is 468 g/mol. The minimum atomic E-state index is -3.70. The van der Waals surface area contributed by atoms with Gasteiger partial charge in [-0.25, -0.2) is 17.5 Å². The van der Waals surface area contributed by atoms with Crippen molar-refractivity contribution in [2.75, 3.05) is 26.0 Å². The predicted molar refractivity (Wildman–Crippen MR) is 124 cm³/mol. The quantitative estimate of drug-likeness (QED) is 0.576. The van der Waals surface area contributed by atoms with E-state index in [4.69, 9.17) is 11.6 Å².